The van der Waals surface area contributed by atoms with Crippen molar-refractivity contribution in [3.63, 3.8) is 0 Å². The predicted molar refractivity (Wildman–Crippen MR) is 148 cm³/mol. The Bertz CT molecular complexity index is 1350. The van der Waals surface area contributed by atoms with Gasteiger partial charge in [0.1, 0.15) is 36.8 Å². The van der Waals surface area contributed by atoms with E-state index in [9.17, 15) is 9.90 Å². The number of aldehydes is 1. The second-order valence-electron chi connectivity index (χ2n) is 8.78. The van der Waals surface area contributed by atoms with Crippen LogP contribution in [0, 0.1) is 11.3 Å². The zero-order chi connectivity index (χ0) is 26.5. The number of carbonyl (C=O) groups excluding carboxylic acids is 1. The lowest BCUT2D eigenvalue weighted by molar-refractivity contribution is 0.112. The topological polar surface area (TPSA) is 79.6 Å². The van der Waals surface area contributed by atoms with Crippen molar-refractivity contribution in [3.05, 3.63) is 103 Å². The van der Waals surface area contributed by atoms with Crippen LogP contribution in [-0.4, -0.2) is 23.7 Å². The van der Waals surface area contributed by atoms with Gasteiger partial charge in [-0.25, -0.2) is 0 Å². The Morgan fingerprint density at radius 3 is 2.35 bits per heavy atom. The molecule has 0 radical (unpaired) electrons. The normalized spacial score (nSPS) is 13.6. The van der Waals surface area contributed by atoms with Crippen LogP contribution in [0.15, 0.2) is 65.9 Å². The molecule has 0 aromatic heterocycles. The molecule has 192 valence electrons. The first-order chi connectivity index (χ1) is 17.8. The molecule has 1 aliphatic rings. The van der Waals surface area contributed by atoms with E-state index in [-0.39, 0.29) is 30.6 Å². The second-order valence-corrected chi connectivity index (χ2v) is 10.0. The number of halogens is 3. The highest BCUT2D eigenvalue weighted by atomic mass is 35.5. The summed E-state index contributed by atoms with van der Waals surface area (Å²) in [4.78, 5) is 11.0. The molecule has 1 aliphatic carbocycles. The van der Waals surface area contributed by atoms with Gasteiger partial charge in [0.25, 0.3) is 0 Å². The highest BCUT2D eigenvalue weighted by Crippen LogP contribution is 2.38. The number of rotatable bonds is 11. The van der Waals surface area contributed by atoms with Gasteiger partial charge in [-0.15, -0.1) is 0 Å². The molecule has 2 N–H and O–H groups in total. The Labute approximate surface area is 231 Å². The molecule has 4 rings (SSSR count). The third-order valence-corrected chi connectivity index (χ3v) is 7.16. The lowest BCUT2D eigenvalue weighted by Crippen LogP contribution is -2.16. The van der Waals surface area contributed by atoms with E-state index in [4.69, 9.17) is 49.7 Å². The molecule has 3 aromatic carbocycles. The summed E-state index contributed by atoms with van der Waals surface area (Å²) in [5, 5.41) is 20.7. The Hall–Kier alpha value is -2.99. The number of aryl methyl sites for hydroxylation is 1. The molecule has 0 atom stereocenters. The number of ether oxygens (including phenoxy) is 2. The maximum absolute atomic E-state index is 11.0. The molecule has 0 saturated heterocycles. The number of aliphatic hydroxyl groups is 1. The fourth-order valence-electron chi connectivity index (χ4n) is 3.90. The number of carbonyl (C=O) groups is 1. The number of benzene rings is 3. The molecule has 3 aromatic rings. The summed E-state index contributed by atoms with van der Waals surface area (Å²) in [7, 11) is 0. The zero-order valence-electron chi connectivity index (χ0n) is 20.2. The number of nitrogens with one attached hydrogen (secondary N) is 1. The fraction of sp³-hybridized carbons (Fsp3) is 0.241. The quantitative estimate of drug-likeness (QED) is 0.141. The molecular weight excluding hydrogens is 533 g/mol. The molecule has 1 saturated carbocycles. The Morgan fingerprint density at radius 1 is 1.00 bits per heavy atom. The number of hydrogen-bond donors (Lipinski definition) is 2. The largest absolute Gasteiger partial charge is 0.512 e. The molecule has 0 unspecified atom stereocenters. The van der Waals surface area contributed by atoms with Crippen molar-refractivity contribution < 1.29 is 19.4 Å². The van der Waals surface area contributed by atoms with Crippen molar-refractivity contribution in [2.75, 3.05) is 6.61 Å². The van der Waals surface area contributed by atoms with Crippen molar-refractivity contribution >= 4 is 46.8 Å². The highest BCUT2D eigenvalue weighted by Gasteiger charge is 2.31. The van der Waals surface area contributed by atoms with Gasteiger partial charge in [0, 0.05) is 22.6 Å². The Kier molecular flexibility index (Phi) is 8.80. The lowest BCUT2D eigenvalue weighted by Gasteiger charge is -2.16. The summed E-state index contributed by atoms with van der Waals surface area (Å²) < 4.78 is 11.9. The van der Waals surface area contributed by atoms with Gasteiger partial charge in [-0.3, -0.25) is 10.2 Å². The minimum atomic E-state index is -0.0438. The van der Waals surface area contributed by atoms with Crippen molar-refractivity contribution in [3.8, 4) is 11.5 Å². The summed E-state index contributed by atoms with van der Waals surface area (Å²) in [6.45, 7) is 2.20. The van der Waals surface area contributed by atoms with Crippen molar-refractivity contribution in [2.45, 2.75) is 32.8 Å². The van der Waals surface area contributed by atoms with Gasteiger partial charge in [-0.2, -0.15) is 0 Å². The second kappa shape index (κ2) is 12.0. The van der Waals surface area contributed by atoms with E-state index < -0.39 is 0 Å². The van der Waals surface area contributed by atoms with Crippen LogP contribution < -0.4 is 9.47 Å². The van der Waals surface area contributed by atoms with Crippen molar-refractivity contribution in [2.24, 2.45) is 5.92 Å². The zero-order valence-corrected chi connectivity index (χ0v) is 22.5. The van der Waals surface area contributed by atoms with Crippen molar-refractivity contribution in [1.29, 1.82) is 5.41 Å². The predicted octanol–water partition coefficient (Wildman–Crippen LogP) is 8.27. The van der Waals surface area contributed by atoms with E-state index in [1.54, 1.807) is 42.5 Å². The average molecular weight is 559 g/mol. The fourth-order valence-corrected chi connectivity index (χ4v) is 4.71. The molecular formula is C29H26Cl3NO4. The van der Waals surface area contributed by atoms with Crippen molar-refractivity contribution in [1.82, 2.24) is 0 Å². The standard InChI is InChI=1S/C29H26Cl3NO4/c1-2-18-12-17(14-34)6-11-26(18)37-15-20-9-10-21(13-25(20)32)36-16-22(29(35)19-7-8-19)28(33)27-23(30)4-3-5-24(27)31/h3-6,9-14,19,33,35H,2,7-8,15-16H2,1H3/b29-22-,33-28?. The van der Waals surface area contributed by atoms with Crippen LogP contribution in [0.1, 0.15) is 46.8 Å². The van der Waals surface area contributed by atoms with E-state index in [1.807, 2.05) is 19.1 Å². The minimum absolute atomic E-state index is 0.0111. The van der Waals surface area contributed by atoms with Crippen LogP contribution in [0.3, 0.4) is 0 Å². The maximum atomic E-state index is 11.0. The van der Waals surface area contributed by atoms with Gasteiger partial charge < -0.3 is 14.6 Å². The van der Waals surface area contributed by atoms with Crippen LogP contribution in [0.5, 0.6) is 11.5 Å². The third-order valence-electron chi connectivity index (χ3n) is 6.18. The molecule has 8 heteroatoms. The van der Waals surface area contributed by atoms with Crippen LogP contribution in [-0.2, 0) is 13.0 Å². The Balaban J connectivity index is 1.47. The lowest BCUT2D eigenvalue weighted by atomic mass is 10.00. The summed E-state index contributed by atoms with van der Waals surface area (Å²) in [5.74, 6) is 1.32. The smallest absolute Gasteiger partial charge is 0.150 e. The molecule has 0 spiro atoms. The number of aliphatic hydroxyl groups excluding tert-OH is 1. The summed E-state index contributed by atoms with van der Waals surface area (Å²) in [6, 6.07) is 15.6. The molecule has 0 bridgehead atoms. The maximum Gasteiger partial charge on any atom is 0.150 e. The minimum Gasteiger partial charge on any atom is -0.512 e. The van der Waals surface area contributed by atoms with Gasteiger partial charge >= 0.3 is 0 Å². The highest BCUT2D eigenvalue weighted by molar-refractivity contribution is 6.41. The summed E-state index contributed by atoms with van der Waals surface area (Å²) >= 11 is 19.1. The molecule has 37 heavy (non-hydrogen) atoms. The van der Waals surface area contributed by atoms with Gasteiger partial charge in [-0.05, 0) is 67.3 Å². The number of hydrogen-bond acceptors (Lipinski definition) is 5. The van der Waals surface area contributed by atoms with E-state index in [1.165, 1.54) is 0 Å². The van der Waals surface area contributed by atoms with Crippen LogP contribution in [0.25, 0.3) is 0 Å². The SMILES string of the molecule is CCc1cc(C=O)ccc1OCc1ccc(OC/C(C(=N)c2c(Cl)cccc2Cl)=C(/O)C2CC2)cc1Cl. The molecule has 0 aliphatic heterocycles. The molecule has 0 heterocycles. The third kappa shape index (κ3) is 6.48. The van der Waals surface area contributed by atoms with E-state index >= 15 is 0 Å². The Morgan fingerprint density at radius 2 is 1.73 bits per heavy atom. The first-order valence-electron chi connectivity index (χ1n) is 11.9. The first kappa shape index (κ1) is 27.1. The van der Waals surface area contributed by atoms with Gasteiger partial charge in [0.2, 0.25) is 0 Å². The van der Waals surface area contributed by atoms with Crippen LogP contribution in [0.4, 0.5) is 0 Å². The van der Waals surface area contributed by atoms with E-state index in [0.717, 1.165) is 36.7 Å². The molecule has 0 amide bonds. The monoisotopic (exact) mass is 557 g/mol. The van der Waals surface area contributed by atoms with Gasteiger partial charge in [-0.1, -0.05) is 53.9 Å². The first-order valence-corrected chi connectivity index (χ1v) is 13.0. The number of allylic oxidation sites excluding steroid dienone is 1. The van der Waals surface area contributed by atoms with Gasteiger partial charge in [0.05, 0.1) is 26.4 Å². The summed E-state index contributed by atoms with van der Waals surface area (Å²) in [5.41, 5.74) is 3.04. The molecule has 1 fully saturated rings. The average Bonchev–Trinajstić information content (AvgIpc) is 3.74. The van der Waals surface area contributed by atoms with E-state index in [0.29, 0.717) is 43.3 Å². The van der Waals surface area contributed by atoms with Crippen LogP contribution >= 0.6 is 34.8 Å². The summed E-state index contributed by atoms with van der Waals surface area (Å²) in [6.07, 6.45) is 3.26. The van der Waals surface area contributed by atoms with Gasteiger partial charge in [0.15, 0.2) is 0 Å². The molecule has 5 nitrogen and oxygen atoms in total. The van der Waals surface area contributed by atoms with E-state index in [2.05, 4.69) is 0 Å². The van der Waals surface area contributed by atoms with Crippen LogP contribution in [0.2, 0.25) is 15.1 Å².